The molecular formula is C25H22F3N3O4. The highest BCUT2D eigenvalue weighted by Gasteiger charge is 2.26. The Morgan fingerprint density at radius 1 is 0.857 bits per heavy atom. The third-order valence-corrected chi connectivity index (χ3v) is 5.71. The third kappa shape index (κ3) is 5.89. The van der Waals surface area contributed by atoms with Crippen molar-refractivity contribution in [3.8, 4) is 17.4 Å². The molecule has 7 nitrogen and oxygen atoms in total. The molecule has 0 bridgehead atoms. The minimum absolute atomic E-state index is 0.0993. The minimum Gasteiger partial charge on any atom is -0.507 e. The zero-order valence-electron chi connectivity index (χ0n) is 18.4. The maximum Gasteiger partial charge on any atom is 0.257 e. The lowest BCUT2D eigenvalue weighted by Gasteiger charge is -2.29. The van der Waals surface area contributed by atoms with Gasteiger partial charge in [0.05, 0.1) is 11.8 Å². The summed E-state index contributed by atoms with van der Waals surface area (Å²) in [6.45, 7) is 0. The average molecular weight is 485 g/mol. The monoisotopic (exact) mass is 485 g/mol. The summed E-state index contributed by atoms with van der Waals surface area (Å²) in [5.41, 5.74) is -0.000178. The van der Waals surface area contributed by atoms with E-state index in [1.54, 1.807) is 12.1 Å². The molecule has 2 amide bonds. The highest BCUT2D eigenvalue weighted by Crippen LogP contribution is 2.26. The van der Waals surface area contributed by atoms with Crippen LogP contribution in [-0.4, -0.2) is 34.0 Å². The molecule has 0 atom stereocenters. The van der Waals surface area contributed by atoms with Crippen LogP contribution in [0.1, 0.15) is 46.4 Å². The molecule has 0 radical (unpaired) electrons. The van der Waals surface area contributed by atoms with E-state index >= 15 is 0 Å². The van der Waals surface area contributed by atoms with Gasteiger partial charge in [0.2, 0.25) is 5.88 Å². The Bertz CT molecular complexity index is 1250. The number of hydrogen-bond acceptors (Lipinski definition) is 5. The molecule has 1 heterocycles. The second-order valence-electron chi connectivity index (χ2n) is 8.20. The van der Waals surface area contributed by atoms with Gasteiger partial charge in [0.25, 0.3) is 11.8 Å². The lowest BCUT2D eigenvalue weighted by Crippen LogP contribution is -2.43. The van der Waals surface area contributed by atoms with Gasteiger partial charge in [0.15, 0.2) is 11.6 Å². The summed E-state index contributed by atoms with van der Waals surface area (Å²) in [6, 6.07) is 9.67. The molecule has 10 heteroatoms. The van der Waals surface area contributed by atoms with Crippen LogP contribution in [0.2, 0.25) is 0 Å². The van der Waals surface area contributed by atoms with Crippen LogP contribution < -0.4 is 15.4 Å². The molecule has 0 aliphatic heterocycles. The first-order chi connectivity index (χ1) is 16.8. The Morgan fingerprint density at radius 3 is 2.11 bits per heavy atom. The zero-order valence-corrected chi connectivity index (χ0v) is 18.4. The Balaban J connectivity index is 1.36. The number of carbonyl (C=O) groups is 2. The molecule has 0 spiro atoms. The number of para-hydroxylation sites is 1. The lowest BCUT2D eigenvalue weighted by atomic mass is 9.90. The molecule has 182 valence electrons. The molecule has 3 N–H and O–H groups in total. The number of amides is 2. The van der Waals surface area contributed by atoms with Crippen LogP contribution in [0.4, 0.5) is 13.2 Å². The quantitative estimate of drug-likeness (QED) is 0.479. The molecule has 1 fully saturated rings. The average Bonchev–Trinajstić information content (AvgIpc) is 2.84. The molecule has 1 aromatic heterocycles. The van der Waals surface area contributed by atoms with Crippen molar-refractivity contribution in [3.63, 3.8) is 0 Å². The molecular weight excluding hydrogens is 463 g/mol. The number of ether oxygens (including phenoxy) is 1. The van der Waals surface area contributed by atoms with Crippen molar-refractivity contribution in [2.45, 2.75) is 37.8 Å². The predicted molar refractivity (Wildman–Crippen MR) is 120 cm³/mol. The van der Waals surface area contributed by atoms with Gasteiger partial charge in [0, 0.05) is 18.2 Å². The number of aromatic nitrogens is 1. The van der Waals surface area contributed by atoms with Crippen molar-refractivity contribution in [1.82, 2.24) is 15.6 Å². The first-order valence-corrected chi connectivity index (χ1v) is 11.0. The number of carbonyl (C=O) groups excluding carboxylic acids is 2. The summed E-state index contributed by atoms with van der Waals surface area (Å²) in [4.78, 5) is 29.0. The van der Waals surface area contributed by atoms with Gasteiger partial charge >= 0.3 is 0 Å². The van der Waals surface area contributed by atoms with Crippen LogP contribution in [0, 0.1) is 17.5 Å². The van der Waals surface area contributed by atoms with Crippen LogP contribution in [0.15, 0.2) is 54.7 Å². The lowest BCUT2D eigenvalue weighted by molar-refractivity contribution is 0.0888. The van der Waals surface area contributed by atoms with E-state index in [2.05, 4.69) is 15.6 Å². The summed E-state index contributed by atoms with van der Waals surface area (Å²) in [5, 5.41) is 15.5. The van der Waals surface area contributed by atoms with Gasteiger partial charge in [-0.1, -0.05) is 12.1 Å². The molecule has 0 unspecified atom stereocenters. The first kappa shape index (κ1) is 24.1. The minimum atomic E-state index is -1.14. The smallest absolute Gasteiger partial charge is 0.257 e. The van der Waals surface area contributed by atoms with Gasteiger partial charge in [0.1, 0.15) is 22.9 Å². The van der Waals surface area contributed by atoms with E-state index in [-0.39, 0.29) is 46.5 Å². The summed E-state index contributed by atoms with van der Waals surface area (Å²) in [7, 11) is 0. The van der Waals surface area contributed by atoms with Gasteiger partial charge < -0.3 is 20.5 Å². The van der Waals surface area contributed by atoms with Crippen LogP contribution in [0.3, 0.4) is 0 Å². The fourth-order valence-electron chi connectivity index (χ4n) is 3.90. The van der Waals surface area contributed by atoms with Crippen LogP contribution in [-0.2, 0) is 0 Å². The number of rotatable bonds is 6. The van der Waals surface area contributed by atoms with Crippen molar-refractivity contribution in [2.75, 3.05) is 0 Å². The maximum atomic E-state index is 13.8. The van der Waals surface area contributed by atoms with Crippen LogP contribution in [0.25, 0.3) is 0 Å². The summed E-state index contributed by atoms with van der Waals surface area (Å²) in [5.74, 6) is -4.41. The Hall–Kier alpha value is -4.08. The SMILES string of the molecule is O=C(NC1CCC(NC(=O)c2cc(F)cnc2Oc2ccc(F)c(F)c2)CC1)c1ccccc1O. The molecule has 35 heavy (non-hydrogen) atoms. The van der Waals surface area contributed by atoms with Gasteiger partial charge in [-0.3, -0.25) is 9.59 Å². The van der Waals surface area contributed by atoms with E-state index in [0.29, 0.717) is 25.7 Å². The van der Waals surface area contributed by atoms with Crippen LogP contribution in [0.5, 0.6) is 17.4 Å². The number of hydrogen-bond donors (Lipinski definition) is 3. The predicted octanol–water partition coefficient (Wildman–Crippen LogP) is 4.47. The molecule has 4 rings (SSSR count). The number of phenolic OH excluding ortho intramolecular Hbond substituents is 1. The maximum absolute atomic E-state index is 13.8. The van der Waals surface area contributed by atoms with E-state index in [1.807, 2.05) is 0 Å². The second-order valence-corrected chi connectivity index (χ2v) is 8.20. The molecule has 2 aromatic carbocycles. The molecule has 1 aliphatic carbocycles. The highest BCUT2D eigenvalue weighted by molar-refractivity contribution is 5.97. The Kier molecular flexibility index (Phi) is 7.19. The van der Waals surface area contributed by atoms with Crippen molar-refractivity contribution >= 4 is 11.8 Å². The number of phenols is 1. The number of nitrogens with zero attached hydrogens (tertiary/aromatic N) is 1. The van der Waals surface area contributed by atoms with E-state index in [1.165, 1.54) is 12.1 Å². The van der Waals surface area contributed by atoms with E-state index in [0.717, 1.165) is 30.5 Å². The van der Waals surface area contributed by atoms with Crippen molar-refractivity contribution < 1.29 is 32.6 Å². The summed E-state index contributed by atoms with van der Waals surface area (Å²) >= 11 is 0. The molecule has 0 saturated heterocycles. The standard InChI is InChI=1S/C25H22F3N3O4/c26-14-11-19(25(29-13-14)35-17-9-10-20(27)21(28)12-17)24(34)31-16-7-5-15(6-8-16)30-23(33)18-3-1-2-4-22(18)32/h1-4,9-13,15-16,32H,5-8H2,(H,30,33)(H,31,34). The third-order valence-electron chi connectivity index (χ3n) is 5.71. The summed E-state index contributed by atoms with van der Waals surface area (Å²) < 4.78 is 45.9. The number of benzene rings is 2. The fourth-order valence-corrected chi connectivity index (χ4v) is 3.90. The topological polar surface area (TPSA) is 101 Å². The molecule has 1 aliphatic rings. The summed E-state index contributed by atoms with van der Waals surface area (Å²) in [6.07, 6.45) is 3.14. The van der Waals surface area contributed by atoms with Crippen molar-refractivity contribution in [2.24, 2.45) is 0 Å². The molecule has 3 aromatic rings. The normalized spacial score (nSPS) is 17.5. The number of pyridine rings is 1. The van der Waals surface area contributed by atoms with Gasteiger partial charge in [-0.05, 0) is 56.0 Å². The fraction of sp³-hybridized carbons (Fsp3) is 0.240. The first-order valence-electron chi connectivity index (χ1n) is 11.0. The number of halogens is 3. The van der Waals surface area contributed by atoms with Gasteiger partial charge in [-0.25, -0.2) is 18.2 Å². The van der Waals surface area contributed by atoms with E-state index in [9.17, 15) is 27.9 Å². The van der Waals surface area contributed by atoms with Crippen molar-refractivity contribution in [3.05, 3.63) is 83.3 Å². The Morgan fingerprint density at radius 2 is 1.49 bits per heavy atom. The Labute approximate surface area is 199 Å². The van der Waals surface area contributed by atoms with Gasteiger partial charge in [-0.15, -0.1) is 0 Å². The van der Waals surface area contributed by atoms with Crippen molar-refractivity contribution in [1.29, 1.82) is 0 Å². The number of aromatic hydroxyl groups is 1. The zero-order chi connectivity index (χ0) is 24.9. The highest BCUT2D eigenvalue weighted by atomic mass is 19.2. The molecule has 1 saturated carbocycles. The van der Waals surface area contributed by atoms with Crippen LogP contribution >= 0.6 is 0 Å². The van der Waals surface area contributed by atoms with Gasteiger partial charge in [-0.2, -0.15) is 0 Å². The van der Waals surface area contributed by atoms with E-state index < -0.39 is 23.4 Å². The largest absolute Gasteiger partial charge is 0.507 e. The number of nitrogens with one attached hydrogen (secondary N) is 2. The van der Waals surface area contributed by atoms with E-state index in [4.69, 9.17) is 4.74 Å². The second kappa shape index (κ2) is 10.5.